The Hall–Kier alpha value is 0.920. The summed E-state index contributed by atoms with van der Waals surface area (Å²) in [5.41, 5.74) is 0. The van der Waals surface area contributed by atoms with Crippen LogP contribution in [-0.2, 0) is 38.6 Å². The molecule has 0 aromatic carbocycles. The van der Waals surface area contributed by atoms with Gasteiger partial charge in [0.2, 0.25) is 20.8 Å². The minimum atomic E-state index is -4.55. The van der Waals surface area contributed by atoms with Gasteiger partial charge in [0.05, 0.1) is 26.4 Å². The Morgan fingerprint density at radius 3 is 1.20 bits per heavy atom. The number of hydrogen-bond donors (Lipinski definition) is 0. The molecule has 0 aromatic heterocycles. The zero-order chi connectivity index (χ0) is 18.9. The van der Waals surface area contributed by atoms with Crippen molar-refractivity contribution in [3.05, 3.63) is 0 Å². The Bertz CT molecular complexity index is 422. The molecule has 0 aliphatic carbocycles. The van der Waals surface area contributed by atoms with Gasteiger partial charge in [-0.25, -0.2) is 16.8 Å². The number of unbranched alkanes of at least 4 members (excludes halogenated alkanes) is 2. The van der Waals surface area contributed by atoms with Crippen LogP contribution < -0.4 is 0 Å². The average Bonchev–Trinajstić information content (AvgIpc) is 2.45. The van der Waals surface area contributed by atoms with Gasteiger partial charge in [-0.2, -0.15) is 0 Å². The third-order valence-corrected chi connectivity index (χ3v) is 3.11. The first-order valence-electron chi connectivity index (χ1n) is 7.48. The van der Waals surface area contributed by atoms with Crippen LogP contribution in [0.1, 0.15) is 39.5 Å². The predicted octanol–water partition coefficient (Wildman–Crippen LogP) is 0.179. The van der Waals surface area contributed by atoms with Crippen molar-refractivity contribution in [2.24, 2.45) is 0 Å². The molecule has 0 saturated heterocycles. The maximum absolute atomic E-state index is 9.89. The zero-order valence-electron chi connectivity index (χ0n) is 14.7. The van der Waals surface area contributed by atoms with E-state index in [1.54, 1.807) is 0 Å². The van der Waals surface area contributed by atoms with E-state index in [0.29, 0.717) is 13.2 Å². The van der Waals surface area contributed by atoms with E-state index < -0.39 is 20.8 Å². The quantitative estimate of drug-likeness (QED) is 0.160. The number of rotatable bonds is 14. The molecule has 0 aliphatic rings. The van der Waals surface area contributed by atoms with Crippen LogP contribution in [0.4, 0.5) is 0 Å². The molecule has 25 heavy (non-hydrogen) atoms. The molecule has 0 saturated carbocycles. The number of hydrogen-bond acceptors (Lipinski definition) is 10. The van der Waals surface area contributed by atoms with Gasteiger partial charge in [-0.1, -0.05) is 26.7 Å². The molecule has 0 bridgehead atoms. The second-order valence-corrected chi connectivity index (χ2v) is 6.50. The van der Waals surface area contributed by atoms with E-state index in [-0.39, 0.29) is 64.2 Å². The van der Waals surface area contributed by atoms with E-state index in [1.807, 2.05) is 13.8 Å². The smallest absolute Gasteiger partial charge is 0.726 e. The topological polar surface area (TPSA) is 151 Å². The Morgan fingerprint density at radius 1 is 0.640 bits per heavy atom. The second-order valence-electron chi connectivity index (χ2n) is 4.39. The largest absolute Gasteiger partial charge is 2.00 e. The molecule has 0 radical (unpaired) electrons. The maximum Gasteiger partial charge on any atom is 2.00 e. The summed E-state index contributed by atoms with van der Waals surface area (Å²) in [6.45, 7) is 5.05. The van der Waals surface area contributed by atoms with Gasteiger partial charge < -0.3 is 18.6 Å². The molecule has 0 heterocycles. The third-order valence-electron chi connectivity index (χ3n) is 2.20. The van der Waals surface area contributed by atoms with Gasteiger partial charge in [-0.05, 0) is 12.8 Å². The fourth-order valence-corrected chi connectivity index (χ4v) is 1.63. The molecular weight excluding hydrogens is 408 g/mol. The minimum Gasteiger partial charge on any atom is -0.726 e. The van der Waals surface area contributed by atoms with Crippen molar-refractivity contribution >= 4 is 58.5 Å². The Balaban J connectivity index is -0.000000372. The minimum absolute atomic E-state index is 0. The Kier molecular flexibility index (Phi) is 24.1. The molecule has 13 heteroatoms. The van der Waals surface area contributed by atoms with E-state index in [2.05, 4.69) is 8.37 Å². The molecule has 0 rings (SSSR count). The van der Waals surface area contributed by atoms with Crippen molar-refractivity contribution < 1.29 is 43.8 Å². The standard InChI is InChI=1S/2C6H14O5S.Ca/c2*1-2-3-4-10-5-6-11-12(7,8)9;/h2*2-6H2,1H3,(H,7,8,9);/q;;+2/p-2. The van der Waals surface area contributed by atoms with E-state index in [4.69, 9.17) is 9.47 Å². The summed E-state index contributed by atoms with van der Waals surface area (Å²) in [5, 5.41) is 0. The second kappa shape index (κ2) is 19.7. The monoisotopic (exact) mass is 434 g/mol. The van der Waals surface area contributed by atoms with Crippen LogP contribution in [0.3, 0.4) is 0 Å². The molecular formula is C12H26CaO10S2. The van der Waals surface area contributed by atoms with Crippen molar-refractivity contribution in [1.29, 1.82) is 0 Å². The van der Waals surface area contributed by atoms with Crippen LogP contribution in [0.15, 0.2) is 0 Å². The molecule has 0 amide bonds. The summed E-state index contributed by atoms with van der Waals surface area (Å²) in [5.74, 6) is 0. The van der Waals surface area contributed by atoms with Crippen LogP contribution in [-0.4, -0.2) is 103 Å². The molecule has 148 valence electrons. The molecule has 10 nitrogen and oxygen atoms in total. The van der Waals surface area contributed by atoms with Gasteiger partial charge in [-0.3, -0.25) is 8.37 Å². The van der Waals surface area contributed by atoms with Crippen molar-refractivity contribution in [2.75, 3.05) is 39.6 Å². The van der Waals surface area contributed by atoms with Crippen molar-refractivity contribution in [3.63, 3.8) is 0 Å². The van der Waals surface area contributed by atoms with E-state index in [1.165, 1.54) is 0 Å². The predicted molar refractivity (Wildman–Crippen MR) is 88.5 cm³/mol. The third kappa shape index (κ3) is 36.6. The molecule has 0 aliphatic heterocycles. The molecule has 0 spiro atoms. The Labute approximate surface area is 180 Å². The summed E-state index contributed by atoms with van der Waals surface area (Å²) in [7, 11) is -9.09. The molecule has 0 aromatic rings. The summed E-state index contributed by atoms with van der Waals surface area (Å²) in [6.07, 6.45) is 3.87. The fourth-order valence-electron chi connectivity index (χ4n) is 1.09. The van der Waals surface area contributed by atoms with E-state index >= 15 is 0 Å². The van der Waals surface area contributed by atoms with Gasteiger partial charge in [0.25, 0.3) is 0 Å². The fraction of sp³-hybridized carbons (Fsp3) is 1.00. The van der Waals surface area contributed by atoms with E-state index in [9.17, 15) is 25.9 Å². The van der Waals surface area contributed by atoms with Crippen LogP contribution in [0.2, 0.25) is 0 Å². The van der Waals surface area contributed by atoms with Gasteiger partial charge in [0, 0.05) is 13.2 Å². The summed E-state index contributed by atoms with van der Waals surface area (Å²) in [4.78, 5) is 0. The SMILES string of the molecule is CCCCOCCOS(=O)(=O)[O-].CCCCOCCOS(=O)(=O)[O-].[Ca+2]. The first-order valence-corrected chi connectivity index (χ1v) is 10.1. The normalized spacial score (nSPS) is 11.4. The molecule has 0 N–H and O–H groups in total. The summed E-state index contributed by atoms with van der Waals surface area (Å²) >= 11 is 0. The maximum atomic E-state index is 9.89. The molecule has 0 unspecified atom stereocenters. The van der Waals surface area contributed by atoms with E-state index in [0.717, 1.165) is 25.7 Å². The summed E-state index contributed by atoms with van der Waals surface area (Å²) in [6, 6.07) is 0. The van der Waals surface area contributed by atoms with Crippen LogP contribution >= 0.6 is 0 Å². The van der Waals surface area contributed by atoms with Gasteiger partial charge >= 0.3 is 37.7 Å². The van der Waals surface area contributed by atoms with Crippen LogP contribution in [0.25, 0.3) is 0 Å². The van der Waals surface area contributed by atoms with Crippen molar-refractivity contribution in [3.8, 4) is 0 Å². The first kappa shape index (κ1) is 30.6. The molecule has 0 atom stereocenters. The van der Waals surface area contributed by atoms with Gasteiger partial charge in [0.15, 0.2) is 0 Å². The summed E-state index contributed by atoms with van der Waals surface area (Å²) < 4.78 is 77.0. The van der Waals surface area contributed by atoms with Crippen molar-refractivity contribution in [2.45, 2.75) is 39.5 Å². The zero-order valence-corrected chi connectivity index (χ0v) is 18.5. The number of ether oxygens (including phenoxy) is 2. The van der Waals surface area contributed by atoms with Crippen molar-refractivity contribution in [1.82, 2.24) is 0 Å². The van der Waals surface area contributed by atoms with Crippen LogP contribution in [0.5, 0.6) is 0 Å². The van der Waals surface area contributed by atoms with Gasteiger partial charge in [-0.15, -0.1) is 0 Å². The van der Waals surface area contributed by atoms with Gasteiger partial charge in [0.1, 0.15) is 0 Å². The molecule has 0 fully saturated rings. The first-order chi connectivity index (χ1) is 11.1. The Morgan fingerprint density at radius 2 is 0.960 bits per heavy atom. The van der Waals surface area contributed by atoms with Crippen LogP contribution in [0, 0.1) is 0 Å². The average molecular weight is 435 g/mol.